The summed E-state index contributed by atoms with van der Waals surface area (Å²) < 4.78 is 2.55. The molecule has 0 radical (unpaired) electrons. The van der Waals surface area contributed by atoms with E-state index in [0.29, 0.717) is 0 Å². The van der Waals surface area contributed by atoms with Crippen molar-refractivity contribution in [1.82, 2.24) is 14.9 Å². The summed E-state index contributed by atoms with van der Waals surface area (Å²) in [7, 11) is 0. The van der Waals surface area contributed by atoms with Crippen LogP contribution >= 0.6 is 0 Å². The van der Waals surface area contributed by atoms with Crippen molar-refractivity contribution in [3.8, 4) is 0 Å². The van der Waals surface area contributed by atoms with Gasteiger partial charge in [-0.25, -0.2) is 0 Å². The van der Waals surface area contributed by atoms with Crippen LogP contribution in [-0.4, -0.2) is 22.6 Å². The van der Waals surface area contributed by atoms with Gasteiger partial charge in [-0.05, 0) is 62.6 Å². The fraction of sp³-hybridized carbons (Fsp3) is 0.381. The van der Waals surface area contributed by atoms with Crippen LogP contribution in [0.2, 0.25) is 0 Å². The van der Waals surface area contributed by atoms with Crippen LogP contribution in [0.25, 0.3) is 10.9 Å². The highest BCUT2D eigenvalue weighted by Gasteiger charge is 2.18. The van der Waals surface area contributed by atoms with Gasteiger partial charge in [0.2, 0.25) is 0 Å². The van der Waals surface area contributed by atoms with Crippen molar-refractivity contribution in [3.63, 3.8) is 0 Å². The summed E-state index contributed by atoms with van der Waals surface area (Å²) >= 11 is 0. The second kappa shape index (κ2) is 6.40. The number of rotatable bonds is 3. The molecule has 0 spiro atoms. The van der Waals surface area contributed by atoms with E-state index in [0.717, 1.165) is 44.6 Å². The van der Waals surface area contributed by atoms with Crippen molar-refractivity contribution in [2.24, 2.45) is 0 Å². The topological polar surface area (TPSA) is 29.9 Å². The molecule has 0 fully saturated rings. The number of benzene rings is 1. The van der Waals surface area contributed by atoms with Crippen LogP contribution in [0.1, 0.15) is 28.1 Å². The summed E-state index contributed by atoms with van der Waals surface area (Å²) in [5, 5.41) is 5.00. The van der Waals surface area contributed by atoms with Gasteiger partial charge in [-0.3, -0.25) is 4.98 Å². The molecular formula is C21H25N3. The van der Waals surface area contributed by atoms with Crippen LogP contribution < -0.4 is 5.32 Å². The summed E-state index contributed by atoms with van der Waals surface area (Å²) in [5.74, 6) is 0. The lowest BCUT2D eigenvalue weighted by Crippen LogP contribution is -2.17. The van der Waals surface area contributed by atoms with Gasteiger partial charge in [-0.15, -0.1) is 0 Å². The maximum atomic E-state index is 4.44. The molecule has 4 rings (SSSR count). The lowest BCUT2D eigenvalue weighted by atomic mass is 10.1. The zero-order chi connectivity index (χ0) is 16.5. The summed E-state index contributed by atoms with van der Waals surface area (Å²) in [5.41, 5.74) is 8.23. The van der Waals surface area contributed by atoms with Gasteiger partial charge in [-0.2, -0.15) is 0 Å². The second-order valence-electron chi connectivity index (χ2n) is 6.91. The number of pyridine rings is 1. The van der Waals surface area contributed by atoms with Crippen molar-refractivity contribution in [2.75, 3.05) is 13.1 Å². The van der Waals surface area contributed by atoms with Crippen molar-refractivity contribution >= 4 is 10.9 Å². The third-order valence-electron chi connectivity index (χ3n) is 5.13. The first kappa shape index (κ1) is 15.4. The van der Waals surface area contributed by atoms with E-state index in [1.165, 1.54) is 27.7 Å². The molecule has 0 aliphatic carbocycles. The number of fused-ring (bicyclic) bond motifs is 3. The summed E-state index contributed by atoms with van der Waals surface area (Å²) in [6.07, 6.45) is 5.31. The van der Waals surface area contributed by atoms with E-state index in [1.807, 2.05) is 13.1 Å². The highest BCUT2D eigenvalue weighted by atomic mass is 15.0. The van der Waals surface area contributed by atoms with E-state index in [2.05, 4.69) is 52.1 Å². The average molecular weight is 319 g/mol. The highest BCUT2D eigenvalue weighted by molar-refractivity contribution is 5.86. The van der Waals surface area contributed by atoms with Crippen molar-refractivity contribution in [1.29, 1.82) is 0 Å². The molecule has 124 valence electrons. The molecule has 3 aromatic rings. The largest absolute Gasteiger partial charge is 0.344 e. The van der Waals surface area contributed by atoms with Gasteiger partial charge in [0.1, 0.15) is 0 Å². The standard InChI is InChI=1S/C21H25N3/c1-15-3-6-20-19(13-15)18-7-10-22-11-8-21(18)24(20)12-9-17-5-4-16(2)23-14-17/h3-6,13-14,22H,7-12H2,1-2H3. The van der Waals surface area contributed by atoms with Gasteiger partial charge in [-0.1, -0.05) is 17.7 Å². The lowest BCUT2D eigenvalue weighted by Gasteiger charge is -2.11. The molecule has 0 amide bonds. The van der Waals surface area contributed by atoms with E-state index < -0.39 is 0 Å². The minimum atomic E-state index is 1.03. The van der Waals surface area contributed by atoms with Gasteiger partial charge in [0.05, 0.1) is 0 Å². The Bertz CT molecular complexity index is 859. The molecule has 0 atom stereocenters. The fourth-order valence-corrected chi connectivity index (χ4v) is 3.84. The van der Waals surface area contributed by atoms with Gasteiger partial charge in [0, 0.05) is 48.0 Å². The van der Waals surface area contributed by atoms with Crippen LogP contribution in [0, 0.1) is 13.8 Å². The molecule has 3 heterocycles. The number of nitrogens with zero attached hydrogens (tertiary/aromatic N) is 2. The van der Waals surface area contributed by atoms with E-state index >= 15 is 0 Å². The molecule has 0 saturated carbocycles. The van der Waals surface area contributed by atoms with E-state index in [1.54, 1.807) is 5.56 Å². The molecule has 3 nitrogen and oxygen atoms in total. The Morgan fingerprint density at radius 2 is 1.96 bits per heavy atom. The van der Waals surface area contributed by atoms with Crippen LogP contribution in [0.15, 0.2) is 36.5 Å². The Hall–Kier alpha value is -2.13. The summed E-state index contributed by atoms with van der Waals surface area (Å²) in [6, 6.07) is 11.2. The fourth-order valence-electron chi connectivity index (χ4n) is 3.84. The Morgan fingerprint density at radius 1 is 1.08 bits per heavy atom. The summed E-state index contributed by atoms with van der Waals surface area (Å²) in [4.78, 5) is 4.44. The zero-order valence-corrected chi connectivity index (χ0v) is 14.6. The van der Waals surface area contributed by atoms with Gasteiger partial charge in [0.25, 0.3) is 0 Å². The summed E-state index contributed by atoms with van der Waals surface area (Å²) in [6.45, 7) is 7.42. The Kier molecular flexibility index (Phi) is 4.11. The predicted octanol–water partition coefficient (Wildman–Crippen LogP) is 3.58. The highest BCUT2D eigenvalue weighted by Crippen LogP contribution is 2.29. The Balaban J connectivity index is 1.73. The van der Waals surface area contributed by atoms with Crippen LogP contribution in [-0.2, 0) is 25.8 Å². The van der Waals surface area contributed by atoms with E-state index in [4.69, 9.17) is 0 Å². The number of nitrogens with one attached hydrogen (secondary N) is 1. The first-order valence-corrected chi connectivity index (χ1v) is 8.95. The number of aryl methyl sites for hydroxylation is 4. The number of hydrogen-bond acceptors (Lipinski definition) is 2. The molecule has 1 aromatic carbocycles. The molecular weight excluding hydrogens is 294 g/mol. The minimum Gasteiger partial charge on any atom is -0.344 e. The maximum absolute atomic E-state index is 4.44. The molecule has 24 heavy (non-hydrogen) atoms. The molecule has 2 aromatic heterocycles. The minimum absolute atomic E-state index is 1.03. The first-order chi connectivity index (χ1) is 11.7. The van der Waals surface area contributed by atoms with E-state index in [-0.39, 0.29) is 0 Å². The zero-order valence-electron chi connectivity index (χ0n) is 14.6. The quantitative estimate of drug-likeness (QED) is 0.799. The Morgan fingerprint density at radius 3 is 2.79 bits per heavy atom. The second-order valence-corrected chi connectivity index (χ2v) is 6.91. The van der Waals surface area contributed by atoms with Crippen LogP contribution in [0.5, 0.6) is 0 Å². The van der Waals surface area contributed by atoms with Crippen molar-refractivity contribution in [3.05, 3.63) is 64.6 Å². The lowest BCUT2D eigenvalue weighted by molar-refractivity contribution is 0.659. The third kappa shape index (κ3) is 2.84. The number of hydrogen-bond donors (Lipinski definition) is 1. The molecule has 3 heteroatoms. The SMILES string of the molecule is Cc1ccc2c(c1)c1c(n2CCc2ccc(C)nc2)CCNCC1. The molecule has 1 aliphatic heterocycles. The van der Waals surface area contributed by atoms with Gasteiger partial charge < -0.3 is 9.88 Å². The van der Waals surface area contributed by atoms with E-state index in [9.17, 15) is 0 Å². The van der Waals surface area contributed by atoms with Crippen LogP contribution in [0.3, 0.4) is 0 Å². The van der Waals surface area contributed by atoms with Gasteiger partial charge >= 0.3 is 0 Å². The predicted molar refractivity (Wildman–Crippen MR) is 99.6 cm³/mol. The first-order valence-electron chi connectivity index (χ1n) is 8.95. The Labute approximate surface area is 143 Å². The normalized spacial score (nSPS) is 14.6. The monoisotopic (exact) mass is 319 g/mol. The smallest absolute Gasteiger partial charge is 0.0485 e. The van der Waals surface area contributed by atoms with Crippen molar-refractivity contribution in [2.45, 2.75) is 39.7 Å². The third-order valence-corrected chi connectivity index (χ3v) is 5.13. The maximum Gasteiger partial charge on any atom is 0.0485 e. The average Bonchev–Trinajstić information content (AvgIpc) is 2.74. The molecule has 1 N–H and O–H groups in total. The molecule has 0 unspecified atom stereocenters. The van der Waals surface area contributed by atoms with Crippen molar-refractivity contribution < 1.29 is 0 Å². The molecule has 0 bridgehead atoms. The molecule has 1 aliphatic rings. The van der Waals surface area contributed by atoms with Gasteiger partial charge in [0.15, 0.2) is 0 Å². The molecule has 0 saturated heterocycles. The number of aromatic nitrogens is 2. The van der Waals surface area contributed by atoms with Crippen LogP contribution in [0.4, 0.5) is 0 Å².